The summed E-state index contributed by atoms with van der Waals surface area (Å²) >= 11 is 0. The predicted octanol–water partition coefficient (Wildman–Crippen LogP) is 2.42. The van der Waals surface area contributed by atoms with Crippen LogP contribution in [0.2, 0.25) is 0 Å². The van der Waals surface area contributed by atoms with Crippen LogP contribution in [0.1, 0.15) is 36.0 Å². The maximum Gasteiger partial charge on any atom is 0.253 e. The molecule has 2 aromatic rings. The zero-order chi connectivity index (χ0) is 14.8. The van der Waals surface area contributed by atoms with E-state index in [1.54, 1.807) is 0 Å². The number of hydrogen-bond acceptors (Lipinski definition) is 3. The summed E-state index contributed by atoms with van der Waals surface area (Å²) in [5.74, 6) is -0.0845. The van der Waals surface area contributed by atoms with E-state index < -0.39 is 0 Å². The fraction of sp³-hybridized carbons (Fsp3) is 0.353. The molecule has 0 radical (unpaired) electrons. The van der Waals surface area contributed by atoms with Crippen molar-refractivity contribution in [2.75, 3.05) is 5.73 Å². The molecule has 21 heavy (non-hydrogen) atoms. The third kappa shape index (κ3) is 3.00. The molecule has 0 bridgehead atoms. The molecule has 5 N–H and O–H groups in total. The minimum atomic E-state index is -0.0845. The summed E-state index contributed by atoms with van der Waals surface area (Å²) in [6, 6.07) is 12.1. The molecule has 0 aliphatic heterocycles. The van der Waals surface area contributed by atoms with Gasteiger partial charge >= 0.3 is 0 Å². The van der Waals surface area contributed by atoms with Crippen LogP contribution in [0.15, 0.2) is 36.4 Å². The number of benzene rings is 2. The van der Waals surface area contributed by atoms with E-state index in [0.29, 0.717) is 11.3 Å². The highest BCUT2D eigenvalue weighted by molar-refractivity contribution is 6.04. The van der Waals surface area contributed by atoms with Crippen molar-refractivity contribution in [1.29, 1.82) is 0 Å². The molecule has 0 aromatic heterocycles. The molecule has 4 heteroatoms. The topological polar surface area (TPSA) is 81.1 Å². The zero-order valence-corrected chi connectivity index (χ0v) is 12.0. The average molecular weight is 283 g/mol. The van der Waals surface area contributed by atoms with Gasteiger partial charge in [-0.05, 0) is 48.6 Å². The Morgan fingerprint density at radius 1 is 1.05 bits per heavy atom. The lowest BCUT2D eigenvalue weighted by Gasteiger charge is -2.27. The highest BCUT2D eigenvalue weighted by Gasteiger charge is 2.21. The Hall–Kier alpha value is -2.07. The van der Waals surface area contributed by atoms with Crippen LogP contribution < -0.4 is 16.8 Å². The number of amides is 1. The third-order valence-corrected chi connectivity index (χ3v) is 4.27. The van der Waals surface area contributed by atoms with Crippen LogP contribution >= 0.6 is 0 Å². The molecule has 2 aromatic carbocycles. The molecular weight excluding hydrogens is 262 g/mol. The van der Waals surface area contributed by atoms with Gasteiger partial charge in [0, 0.05) is 17.8 Å². The molecule has 4 nitrogen and oxygen atoms in total. The minimum Gasteiger partial charge on any atom is -0.398 e. The van der Waals surface area contributed by atoms with Crippen molar-refractivity contribution in [1.82, 2.24) is 5.32 Å². The maximum absolute atomic E-state index is 12.4. The van der Waals surface area contributed by atoms with Gasteiger partial charge in [0.25, 0.3) is 5.91 Å². The van der Waals surface area contributed by atoms with E-state index >= 15 is 0 Å². The first-order valence-electron chi connectivity index (χ1n) is 7.48. The average Bonchev–Trinajstić information content (AvgIpc) is 2.49. The van der Waals surface area contributed by atoms with E-state index in [0.717, 1.165) is 36.5 Å². The summed E-state index contributed by atoms with van der Waals surface area (Å²) in [6.07, 6.45) is 3.83. The van der Waals surface area contributed by atoms with Gasteiger partial charge in [0.15, 0.2) is 0 Å². The van der Waals surface area contributed by atoms with Gasteiger partial charge in [-0.25, -0.2) is 0 Å². The van der Waals surface area contributed by atoms with Gasteiger partial charge in [-0.3, -0.25) is 4.79 Å². The standard InChI is InChI=1S/C17H21N3O/c18-13-5-7-14(8-6-13)20-17(21)15-9-11-3-1-2-4-12(11)10-16(15)19/h1-4,9-10,13-14H,5-8,18-19H2,(H,20,21). The van der Waals surface area contributed by atoms with Gasteiger partial charge in [-0.1, -0.05) is 24.3 Å². The summed E-state index contributed by atoms with van der Waals surface area (Å²) in [6.45, 7) is 0. The molecule has 0 saturated heterocycles. The van der Waals surface area contributed by atoms with E-state index in [1.165, 1.54) is 0 Å². The fourth-order valence-corrected chi connectivity index (χ4v) is 2.98. The van der Waals surface area contributed by atoms with Crippen LogP contribution in [-0.2, 0) is 0 Å². The van der Waals surface area contributed by atoms with Gasteiger partial charge in [0.1, 0.15) is 0 Å². The van der Waals surface area contributed by atoms with Crippen molar-refractivity contribution in [3.63, 3.8) is 0 Å². The lowest BCUT2D eigenvalue weighted by Crippen LogP contribution is -2.40. The Labute approximate surface area is 124 Å². The summed E-state index contributed by atoms with van der Waals surface area (Å²) < 4.78 is 0. The summed E-state index contributed by atoms with van der Waals surface area (Å²) in [4.78, 5) is 12.4. The lowest BCUT2D eigenvalue weighted by molar-refractivity contribution is 0.0927. The molecule has 0 heterocycles. The van der Waals surface area contributed by atoms with Crippen LogP contribution in [0.5, 0.6) is 0 Å². The van der Waals surface area contributed by atoms with Crippen molar-refractivity contribution >= 4 is 22.4 Å². The smallest absolute Gasteiger partial charge is 0.253 e. The van der Waals surface area contributed by atoms with E-state index in [-0.39, 0.29) is 18.0 Å². The van der Waals surface area contributed by atoms with Gasteiger partial charge in [-0.15, -0.1) is 0 Å². The van der Waals surface area contributed by atoms with Crippen molar-refractivity contribution in [3.8, 4) is 0 Å². The Balaban J connectivity index is 1.79. The molecule has 0 unspecified atom stereocenters. The normalized spacial score (nSPS) is 22.1. The second kappa shape index (κ2) is 5.74. The first kappa shape index (κ1) is 13.9. The van der Waals surface area contributed by atoms with Crippen LogP contribution in [0.25, 0.3) is 10.8 Å². The van der Waals surface area contributed by atoms with Gasteiger partial charge in [0.05, 0.1) is 5.56 Å². The van der Waals surface area contributed by atoms with E-state index in [2.05, 4.69) is 5.32 Å². The second-order valence-corrected chi connectivity index (χ2v) is 5.87. The largest absolute Gasteiger partial charge is 0.398 e. The number of rotatable bonds is 2. The molecule has 1 aliphatic rings. The fourth-order valence-electron chi connectivity index (χ4n) is 2.98. The Bertz CT molecular complexity index is 660. The monoisotopic (exact) mass is 283 g/mol. The maximum atomic E-state index is 12.4. The molecule has 110 valence electrons. The van der Waals surface area contributed by atoms with Crippen molar-refractivity contribution in [2.24, 2.45) is 5.73 Å². The SMILES string of the molecule is Nc1cc2ccccc2cc1C(=O)NC1CCC(N)CC1. The first-order valence-corrected chi connectivity index (χ1v) is 7.48. The van der Waals surface area contributed by atoms with Gasteiger partial charge < -0.3 is 16.8 Å². The third-order valence-electron chi connectivity index (χ3n) is 4.27. The van der Waals surface area contributed by atoms with Crippen LogP contribution in [0.4, 0.5) is 5.69 Å². The van der Waals surface area contributed by atoms with E-state index in [9.17, 15) is 4.79 Å². The predicted molar refractivity (Wildman–Crippen MR) is 86.1 cm³/mol. The molecule has 1 aliphatic carbocycles. The Kier molecular flexibility index (Phi) is 3.80. The molecule has 3 rings (SSSR count). The molecule has 1 fully saturated rings. The Morgan fingerprint density at radius 3 is 2.33 bits per heavy atom. The minimum absolute atomic E-state index is 0.0845. The molecule has 0 spiro atoms. The number of carbonyl (C=O) groups excluding carboxylic acids is 1. The summed E-state index contributed by atoms with van der Waals surface area (Å²) in [5.41, 5.74) is 13.0. The van der Waals surface area contributed by atoms with Crippen molar-refractivity contribution in [3.05, 3.63) is 42.0 Å². The number of carbonyl (C=O) groups is 1. The van der Waals surface area contributed by atoms with E-state index in [4.69, 9.17) is 11.5 Å². The van der Waals surface area contributed by atoms with E-state index in [1.807, 2.05) is 36.4 Å². The number of nitrogens with one attached hydrogen (secondary N) is 1. The summed E-state index contributed by atoms with van der Waals surface area (Å²) in [7, 11) is 0. The zero-order valence-electron chi connectivity index (χ0n) is 12.0. The van der Waals surface area contributed by atoms with Crippen molar-refractivity contribution < 1.29 is 4.79 Å². The highest BCUT2D eigenvalue weighted by Crippen LogP contribution is 2.23. The molecule has 1 saturated carbocycles. The quantitative estimate of drug-likeness (QED) is 0.740. The number of nitrogens with two attached hydrogens (primary N) is 2. The Morgan fingerprint density at radius 2 is 1.67 bits per heavy atom. The van der Waals surface area contributed by atoms with Gasteiger partial charge in [0.2, 0.25) is 0 Å². The van der Waals surface area contributed by atoms with Crippen LogP contribution in [-0.4, -0.2) is 18.0 Å². The van der Waals surface area contributed by atoms with Crippen LogP contribution in [0.3, 0.4) is 0 Å². The first-order chi connectivity index (χ1) is 10.1. The van der Waals surface area contributed by atoms with Crippen molar-refractivity contribution in [2.45, 2.75) is 37.8 Å². The number of hydrogen-bond donors (Lipinski definition) is 3. The number of anilines is 1. The molecule has 1 amide bonds. The molecular formula is C17H21N3O. The van der Waals surface area contributed by atoms with Crippen LogP contribution in [0, 0.1) is 0 Å². The number of nitrogen functional groups attached to an aromatic ring is 1. The lowest BCUT2D eigenvalue weighted by atomic mass is 9.91. The highest BCUT2D eigenvalue weighted by atomic mass is 16.1. The summed E-state index contributed by atoms with van der Waals surface area (Å²) in [5, 5.41) is 5.17. The second-order valence-electron chi connectivity index (χ2n) is 5.87. The number of fused-ring (bicyclic) bond motifs is 1. The van der Waals surface area contributed by atoms with Gasteiger partial charge in [-0.2, -0.15) is 0 Å². The molecule has 0 atom stereocenters.